The molecule has 0 unspecified atom stereocenters. The van der Waals surface area contributed by atoms with Crippen LogP contribution in [0.25, 0.3) is 0 Å². The Hall–Kier alpha value is -1.62. The molecule has 0 aliphatic heterocycles. The maximum absolute atomic E-state index is 12.9. The fourth-order valence-corrected chi connectivity index (χ4v) is 2.23. The normalized spacial score (nSPS) is 15.1. The van der Waals surface area contributed by atoms with Gasteiger partial charge in [-0.25, -0.2) is 4.39 Å². The fourth-order valence-electron chi connectivity index (χ4n) is 2.23. The van der Waals surface area contributed by atoms with E-state index in [1.54, 1.807) is 4.90 Å². The second kappa shape index (κ2) is 6.02. The van der Waals surface area contributed by atoms with Gasteiger partial charge in [-0.05, 0) is 37.8 Å². The Morgan fingerprint density at radius 2 is 2.16 bits per heavy atom. The van der Waals surface area contributed by atoms with E-state index in [2.05, 4.69) is 0 Å². The SMILES string of the molecule is O=C(c1ccc(F)cc1O)N(CCCO)C1CCC1. The van der Waals surface area contributed by atoms with Gasteiger partial charge in [0.25, 0.3) is 5.91 Å². The molecule has 0 bridgehead atoms. The van der Waals surface area contributed by atoms with Gasteiger partial charge in [0.2, 0.25) is 0 Å². The van der Waals surface area contributed by atoms with Gasteiger partial charge < -0.3 is 15.1 Å². The molecule has 2 rings (SSSR count). The molecule has 4 nitrogen and oxygen atoms in total. The van der Waals surface area contributed by atoms with Crippen LogP contribution in [-0.2, 0) is 0 Å². The maximum atomic E-state index is 12.9. The van der Waals surface area contributed by atoms with E-state index in [4.69, 9.17) is 5.11 Å². The number of hydrogen-bond acceptors (Lipinski definition) is 3. The number of aliphatic hydroxyl groups excluding tert-OH is 1. The quantitative estimate of drug-likeness (QED) is 0.856. The summed E-state index contributed by atoms with van der Waals surface area (Å²) in [6, 6.07) is 3.58. The van der Waals surface area contributed by atoms with Crippen molar-refractivity contribution < 1.29 is 19.4 Å². The van der Waals surface area contributed by atoms with Crippen molar-refractivity contribution in [3.63, 3.8) is 0 Å². The number of nitrogens with zero attached hydrogens (tertiary/aromatic N) is 1. The van der Waals surface area contributed by atoms with Crippen LogP contribution in [0, 0.1) is 5.82 Å². The molecule has 0 saturated heterocycles. The average Bonchev–Trinajstić information content (AvgIpc) is 2.31. The van der Waals surface area contributed by atoms with Crippen LogP contribution in [0.5, 0.6) is 5.75 Å². The first-order valence-corrected chi connectivity index (χ1v) is 6.54. The monoisotopic (exact) mass is 267 g/mol. The summed E-state index contributed by atoms with van der Waals surface area (Å²) in [5.74, 6) is -1.20. The van der Waals surface area contributed by atoms with Crippen LogP contribution in [0.2, 0.25) is 0 Å². The summed E-state index contributed by atoms with van der Waals surface area (Å²) in [5, 5.41) is 18.6. The minimum atomic E-state index is -0.570. The van der Waals surface area contributed by atoms with Crippen LogP contribution in [0.3, 0.4) is 0 Å². The molecule has 1 aliphatic rings. The third-order valence-electron chi connectivity index (χ3n) is 3.52. The van der Waals surface area contributed by atoms with Crippen molar-refractivity contribution in [2.45, 2.75) is 31.7 Å². The molecule has 1 saturated carbocycles. The predicted octanol–water partition coefficient (Wildman–Crippen LogP) is 1.91. The number of halogens is 1. The van der Waals surface area contributed by atoms with Gasteiger partial charge >= 0.3 is 0 Å². The minimum absolute atomic E-state index is 0.0197. The zero-order valence-corrected chi connectivity index (χ0v) is 10.7. The van der Waals surface area contributed by atoms with Gasteiger partial charge in [-0.15, -0.1) is 0 Å². The topological polar surface area (TPSA) is 60.8 Å². The van der Waals surface area contributed by atoms with Gasteiger partial charge in [0.15, 0.2) is 0 Å². The third kappa shape index (κ3) is 3.04. The van der Waals surface area contributed by atoms with Gasteiger partial charge in [-0.1, -0.05) is 0 Å². The molecule has 19 heavy (non-hydrogen) atoms. The number of rotatable bonds is 5. The zero-order valence-electron chi connectivity index (χ0n) is 10.7. The summed E-state index contributed by atoms with van der Waals surface area (Å²) >= 11 is 0. The highest BCUT2D eigenvalue weighted by atomic mass is 19.1. The minimum Gasteiger partial charge on any atom is -0.507 e. The van der Waals surface area contributed by atoms with Gasteiger partial charge in [-0.2, -0.15) is 0 Å². The second-order valence-electron chi connectivity index (χ2n) is 4.82. The number of carbonyl (C=O) groups is 1. The highest BCUT2D eigenvalue weighted by Crippen LogP contribution is 2.28. The molecule has 1 aromatic carbocycles. The van der Waals surface area contributed by atoms with Crippen molar-refractivity contribution in [3.8, 4) is 5.75 Å². The summed E-state index contributed by atoms with van der Waals surface area (Å²) in [4.78, 5) is 14.1. The standard InChI is InChI=1S/C14H18FNO3/c15-10-5-6-12(13(18)9-10)14(19)16(7-2-8-17)11-3-1-4-11/h5-6,9,11,17-18H,1-4,7-8H2. The van der Waals surface area contributed by atoms with Crippen LogP contribution in [0.4, 0.5) is 4.39 Å². The number of hydrogen-bond donors (Lipinski definition) is 2. The first-order valence-electron chi connectivity index (χ1n) is 6.54. The number of phenols is 1. The van der Waals surface area contributed by atoms with Crippen LogP contribution in [0.15, 0.2) is 18.2 Å². The van der Waals surface area contributed by atoms with E-state index < -0.39 is 5.82 Å². The van der Waals surface area contributed by atoms with Gasteiger partial charge in [0, 0.05) is 25.3 Å². The first kappa shape index (κ1) is 13.8. The lowest BCUT2D eigenvalue weighted by Gasteiger charge is -2.37. The van der Waals surface area contributed by atoms with Crippen molar-refractivity contribution in [2.24, 2.45) is 0 Å². The number of carbonyl (C=O) groups excluding carboxylic acids is 1. The van der Waals surface area contributed by atoms with Crippen LogP contribution >= 0.6 is 0 Å². The van der Waals surface area contributed by atoms with E-state index >= 15 is 0 Å². The largest absolute Gasteiger partial charge is 0.507 e. The summed E-state index contributed by atoms with van der Waals surface area (Å²) in [5.41, 5.74) is 0.117. The zero-order chi connectivity index (χ0) is 13.8. The molecule has 5 heteroatoms. The van der Waals surface area contributed by atoms with Crippen molar-refractivity contribution in [1.82, 2.24) is 4.90 Å². The van der Waals surface area contributed by atoms with E-state index in [9.17, 15) is 14.3 Å². The summed E-state index contributed by atoms with van der Waals surface area (Å²) in [7, 11) is 0. The number of amides is 1. The summed E-state index contributed by atoms with van der Waals surface area (Å²) in [6.45, 7) is 0.475. The molecule has 0 atom stereocenters. The van der Waals surface area contributed by atoms with E-state index in [1.165, 1.54) is 6.07 Å². The Kier molecular flexibility index (Phi) is 4.37. The van der Waals surface area contributed by atoms with E-state index in [0.29, 0.717) is 13.0 Å². The second-order valence-corrected chi connectivity index (χ2v) is 4.82. The predicted molar refractivity (Wildman–Crippen MR) is 68.4 cm³/mol. The van der Waals surface area contributed by atoms with Gasteiger partial charge in [0.05, 0.1) is 5.56 Å². The molecular formula is C14H18FNO3. The summed E-state index contributed by atoms with van der Waals surface area (Å²) in [6.07, 6.45) is 3.48. The first-order chi connectivity index (χ1) is 9.13. The molecule has 0 spiro atoms. The molecule has 1 fully saturated rings. The fraction of sp³-hybridized carbons (Fsp3) is 0.500. The number of aromatic hydroxyl groups is 1. The van der Waals surface area contributed by atoms with Crippen LogP contribution in [0.1, 0.15) is 36.0 Å². The molecule has 104 valence electrons. The Morgan fingerprint density at radius 1 is 1.42 bits per heavy atom. The van der Waals surface area contributed by atoms with E-state index in [0.717, 1.165) is 31.4 Å². The molecule has 0 radical (unpaired) electrons. The molecule has 2 N–H and O–H groups in total. The van der Waals surface area contributed by atoms with Crippen LogP contribution in [-0.4, -0.2) is 40.2 Å². The van der Waals surface area contributed by atoms with Crippen molar-refractivity contribution >= 4 is 5.91 Å². The third-order valence-corrected chi connectivity index (χ3v) is 3.52. The average molecular weight is 267 g/mol. The number of benzene rings is 1. The smallest absolute Gasteiger partial charge is 0.257 e. The highest BCUT2D eigenvalue weighted by molar-refractivity contribution is 5.97. The molecule has 0 aromatic heterocycles. The van der Waals surface area contributed by atoms with Crippen LogP contribution < -0.4 is 0 Å². The van der Waals surface area contributed by atoms with Gasteiger partial charge in [0.1, 0.15) is 11.6 Å². The molecule has 1 aliphatic carbocycles. The Morgan fingerprint density at radius 3 is 2.68 bits per heavy atom. The Labute approximate surface area is 111 Å². The maximum Gasteiger partial charge on any atom is 0.257 e. The lowest BCUT2D eigenvalue weighted by Crippen LogP contribution is -2.45. The molecular weight excluding hydrogens is 249 g/mol. The molecule has 0 heterocycles. The van der Waals surface area contributed by atoms with Crippen molar-refractivity contribution in [3.05, 3.63) is 29.6 Å². The lowest BCUT2D eigenvalue weighted by molar-refractivity contribution is 0.0559. The van der Waals surface area contributed by atoms with Crippen molar-refractivity contribution in [1.29, 1.82) is 0 Å². The Bertz CT molecular complexity index is 460. The number of phenolic OH excluding ortho intramolecular Hbond substituents is 1. The Balaban J connectivity index is 2.17. The summed E-state index contributed by atoms with van der Waals surface area (Å²) < 4.78 is 12.9. The van der Waals surface area contributed by atoms with Crippen molar-refractivity contribution in [2.75, 3.05) is 13.2 Å². The van der Waals surface area contributed by atoms with Gasteiger partial charge in [-0.3, -0.25) is 4.79 Å². The van der Waals surface area contributed by atoms with E-state index in [1.807, 2.05) is 0 Å². The lowest BCUT2D eigenvalue weighted by atomic mass is 9.90. The van der Waals surface area contributed by atoms with E-state index in [-0.39, 0.29) is 29.9 Å². The highest BCUT2D eigenvalue weighted by Gasteiger charge is 2.30. The molecule has 1 amide bonds. The molecule has 1 aromatic rings. The number of aliphatic hydroxyl groups is 1.